The summed E-state index contributed by atoms with van der Waals surface area (Å²) in [7, 11) is 0. The van der Waals surface area contributed by atoms with Crippen LogP contribution in [0.25, 0.3) is 20.4 Å². The first kappa shape index (κ1) is 16.3. The van der Waals surface area contributed by atoms with Crippen molar-refractivity contribution in [3.8, 4) is 0 Å². The minimum absolute atomic E-state index is 0. The molecular formula is C15H14N2S4. The largest absolute Gasteiger partial charge is 0.230 e. The number of rotatable bonds is 0. The van der Waals surface area contributed by atoms with Gasteiger partial charge in [-0.3, -0.25) is 0 Å². The van der Waals surface area contributed by atoms with Crippen LogP contribution in [0.5, 0.6) is 0 Å². The maximum Gasteiger partial charge on any atom is 0.148 e. The minimum atomic E-state index is 0. The molecule has 0 amide bonds. The third kappa shape index (κ3) is 3.97. The molecule has 0 atom stereocenters. The molecule has 0 radical (unpaired) electrons. The number of thiol groups is 2. The van der Waals surface area contributed by atoms with Crippen molar-refractivity contribution in [3.05, 3.63) is 48.5 Å². The number of benzene rings is 2. The van der Waals surface area contributed by atoms with E-state index in [-0.39, 0.29) is 7.43 Å². The molecule has 6 heteroatoms. The first-order chi connectivity index (χ1) is 9.72. The van der Waals surface area contributed by atoms with Gasteiger partial charge in [0.25, 0.3) is 0 Å². The highest BCUT2D eigenvalue weighted by molar-refractivity contribution is 7.83. The summed E-state index contributed by atoms with van der Waals surface area (Å²) < 4.78 is 4.07. The molecule has 0 fully saturated rings. The molecular weight excluding hydrogens is 336 g/mol. The highest BCUT2D eigenvalue weighted by Gasteiger charge is 1.97. The van der Waals surface area contributed by atoms with Gasteiger partial charge in [0.05, 0.1) is 20.4 Å². The van der Waals surface area contributed by atoms with Crippen molar-refractivity contribution in [3.63, 3.8) is 0 Å². The lowest BCUT2D eigenvalue weighted by Gasteiger charge is -1.80. The number of hydrogen-bond donors (Lipinski definition) is 2. The van der Waals surface area contributed by atoms with E-state index in [0.717, 1.165) is 19.7 Å². The first-order valence-corrected chi connectivity index (χ1v) is 8.34. The van der Waals surface area contributed by atoms with Crippen LogP contribution in [0.1, 0.15) is 7.43 Å². The number of thiazole rings is 2. The Bertz CT molecular complexity index is 713. The van der Waals surface area contributed by atoms with Gasteiger partial charge in [0.2, 0.25) is 0 Å². The second-order valence-corrected chi connectivity index (χ2v) is 7.44. The Hall–Kier alpha value is -1.08. The van der Waals surface area contributed by atoms with Gasteiger partial charge < -0.3 is 0 Å². The summed E-state index contributed by atoms with van der Waals surface area (Å²) in [5, 5.41) is 0. The maximum atomic E-state index is 4.20. The Labute approximate surface area is 142 Å². The quantitative estimate of drug-likeness (QED) is 0.392. The average molecular weight is 351 g/mol. The summed E-state index contributed by atoms with van der Waals surface area (Å²) in [6.45, 7) is 0. The molecule has 0 spiro atoms. The monoisotopic (exact) mass is 350 g/mol. The zero-order valence-corrected chi connectivity index (χ0v) is 13.6. The second kappa shape index (κ2) is 7.26. The van der Waals surface area contributed by atoms with E-state index in [1.807, 2.05) is 48.5 Å². The van der Waals surface area contributed by atoms with E-state index in [1.54, 1.807) is 22.7 Å². The van der Waals surface area contributed by atoms with Crippen LogP contribution in [0.3, 0.4) is 0 Å². The van der Waals surface area contributed by atoms with Crippen LogP contribution in [-0.2, 0) is 0 Å². The summed E-state index contributed by atoms with van der Waals surface area (Å²) in [5.74, 6) is 0. The Balaban J connectivity index is 0.000000147. The van der Waals surface area contributed by atoms with Crippen LogP contribution < -0.4 is 0 Å². The Morgan fingerprint density at radius 2 is 1.05 bits per heavy atom. The predicted molar refractivity (Wildman–Crippen MR) is 100 cm³/mol. The van der Waals surface area contributed by atoms with Crippen LogP contribution in [0, 0.1) is 0 Å². The van der Waals surface area contributed by atoms with Gasteiger partial charge in [-0.15, -0.1) is 47.9 Å². The van der Waals surface area contributed by atoms with E-state index in [4.69, 9.17) is 0 Å². The number of aromatic nitrogens is 2. The van der Waals surface area contributed by atoms with Crippen molar-refractivity contribution in [2.75, 3.05) is 0 Å². The summed E-state index contributed by atoms with van der Waals surface area (Å²) >= 11 is 11.5. The van der Waals surface area contributed by atoms with E-state index < -0.39 is 0 Å². The molecule has 2 nitrogen and oxygen atoms in total. The van der Waals surface area contributed by atoms with Crippen molar-refractivity contribution < 1.29 is 0 Å². The fourth-order valence-corrected chi connectivity index (χ4v) is 3.94. The van der Waals surface area contributed by atoms with Gasteiger partial charge >= 0.3 is 0 Å². The van der Waals surface area contributed by atoms with Gasteiger partial charge in [0, 0.05) is 0 Å². The van der Waals surface area contributed by atoms with E-state index >= 15 is 0 Å². The molecule has 0 saturated carbocycles. The smallest absolute Gasteiger partial charge is 0.148 e. The van der Waals surface area contributed by atoms with E-state index in [2.05, 4.69) is 35.2 Å². The first-order valence-electron chi connectivity index (χ1n) is 5.81. The second-order valence-electron chi connectivity index (χ2n) is 3.93. The number of fused-ring (bicyclic) bond motifs is 2. The fraction of sp³-hybridized carbons (Fsp3) is 0.0667. The number of nitrogens with zero attached hydrogens (tertiary/aromatic N) is 2. The minimum Gasteiger partial charge on any atom is -0.230 e. The predicted octanol–water partition coefficient (Wildman–Crippen LogP) is 5.81. The molecule has 4 rings (SSSR count). The molecule has 0 unspecified atom stereocenters. The van der Waals surface area contributed by atoms with Gasteiger partial charge in [0.15, 0.2) is 0 Å². The fourth-order valence-electron chi connectivity index (χ4n) is 1.72. The van der Waals surface area contributed by atoms with Crippen LogP contribution >= 0.6 is 47.9 Å². The summed E-state index contributed by atoms with van der Waals surface area (Å²) in [6, 6.07) is 16.1. The summed E-state index contributed by atoms with van der Waals surface area (Å²) in [6.07, 6.45) is 0. The Morgan fingerprint density at radius 3 is 1.43 bits per heavy atom. The lowest BCUT2D eigenvalue weighted by atomic mass is 10.3. The summed E-state index contributed by atoms with van der Waals surface area (Å²) in [4.78, 5) is 8.39. The maximum absolute atomic E-state index is 4.20. The standard InChI is InChI=1S/2C7H5NS2.CH4/c2*9-7-8-5-3-1-2-4-6(5)10-7;/h2*1-4H,(H,8,9);1H4. The van der Waals surface area contributed by atoms with E-state index in [1.165, 1.54) is 9.40 Å². The zero-order valence-electron chi connectivity index (χ0n) is 10.2. The third-order valence-electron chi connectivity index (χ3n) is 2.57. The zero-order chi connectivity index (χ0) is 13.9. The van der Waals surface area contributed by atoms with Gasteiger partial charge in [-0.1, -0.05) is 31.7 Å². The van der Waals surface area contributed by atoms with Crippen LogP contribution in [0.4, 0.5) is 0 Å². The van der Waals surface area contributed by atoms with Gasteiger partial charge in [0.1, 0.15) is 8.68 Å². The van der Waals surface area contributed by atoms with Crippen molar-refractivity contribution in [1.29, 1.82) is 0 Å². The summed E-state index contributed by atoms with van der Waals surface area (Å²) in [5.41, 5.74) is 2.08. The SMILES string of the molecule is C.Sc1nc2ccccc2s1.Sc1nc2ccccc2s1. The highest BCUT2D eigenvalue weighted by atomic mass is 32.2. The molecule has 2 aromatic heterocycles. The molecule has 0 saturated heterocycles. The van der Waals surface area contributed by atoms with E-state index in [9.17, 15) is 0 Å². The molecule has 4 aromatic rings. The molecule has 2 heterocycles. The lowest BCUT2D eigenvalue weighted by molar-refractivity contribution is 1.31. The van der Waals surface area contributed by atoms with Crippen molar-refractivity contribution >= 4 is 68.4 Å². The molecule has 108 valence electrons. The average Bonchev–Trinajstić information content (AvgIpc) is 2.99. The van der Waals surface area contributed by atoms with Crippen LogP contribution in [-0.4, -0.2) is 9.97 Å². The van der Waals surface area contributed by atoms with Gasteiger partial charge in [-0.05, 0) is 24.3 Å². The Morgan fingerprint density at radius 1 is 0.667 bits per heavy atom. The third-order valence-corrected chi connectivity index (χ3v) is 4.99. The van der Waals surface area contributed by atoms with Crippen molar-refractivity contribution in [1.82, 2.24) is 9.97 Å². The molecule has 0 aliphatic heterocycles. The molecule has 0 aliphatic carbocycles. The molecule has 2 aromatic carbocycles. The Kier molecular flexibility index (Phi) is 5.64. The van der Waals surface area contributed by atoms with Crippen molar-refractivity contribution in [2.45, 2.75) is 16.1 Å². The van der Waals surface area contributed by atoms with Crippen molar-refractivity contribution in [2.24, 2.45) is 0 Å². The molecule has 0 aliphatic rings. The lowest BCUT2D eigenvalue weighted by Crippen LogP contribution is -1.63. The molecule has 0 N–H and O–H groups in total. The topological polar surface area (TPSA) is 25.8 Å². The van der Waals surface area contributed by atoms with Gasteiger partial charge in [-0.2, -0.15) is 0 Å². The van der Waals surface area contributed by atoms with Crippen LogP contribution in [0.2, 0.25) is 0 Å². The van der Waals surface area contributed by atoms with Crippen LogP contribution in [0.15, 0.2) is 57.2 Å². The number of hydrogen-bond acceptors (Lipinski definition) is 6. The molecule has 21 heavy (non-hydrogen) atoms. The van der Waals surface area contributed by atoms with Gasteiger partial charge in [-0.25, -0.2) is 9.97 Å². The van der Waals surface area contributed by atoms with E-state index in [0.29, 0.717) is 0 Å². The molecule has 0 bridgehead atoms. The highest BCUT2D eigenvalue weighted by Crippen LogP contribution is 2.24. The normalized spacial score (nSPS) is 10.0. The number of para-hydroxylation sites is 2.